The summed E-state index contributed by atoms with van der Waals surface area (Å²) in [6.45, 7) is 1.74. The summed E-state index contributed by atoms with van der Waals surface area (Å²) in [6.07, 6.45) is 2.56. The summed E-state index contributed by atoms with van der Waals surface area (Å²) in [5, 5.41) is 5.89. The molecule has 7 heteroatoms. The summed E-state index contributed by atoms with van der Waals surface area (Å²) in [5.41, 5.74) is 1.94. The first-order valence-corrected chi connectivity index (χ1v) is 10.8. The van der Waals surface area contributed by atoms with Gasteiger partial charge in [-0.2, -0.15) is 0 Å². The zero-order valence-corrected chi connectivity index (χ0v) is 17.4. The molecule has 4 rings (SSSR count). The topological polar surface area (TPSA) is 87.7 Å². The number of carbonyl (C=O) groups excluding carboxylic acids is 3. The lowest BCUT2D eigenvalue weighted by Crippen LogP contribution is -2.38. The molecule has 31 heavy (non-hydrogen) atoms. The van der Waals surface area contributed by atoms with Crippen LogP contribution >= 0.6 is 0 Å². The van der Waals surface area contributed by atoms with Gasteiger partial charge in [-0.25, -0.2) is 0 Å². The van der Waals surface area contributed by atoms with Crippen molar-refractivity contribution in [2.24, 2.45) is 0 Å². The Morgan fingerprint density at radius 1 is 1.10 bits per heavy atom. The molecular weight excluding hydrogens is 394 g/mol. The number of amides is 3. The molecule has 2 saturated heterocycles. The van der Waals surface area contributed by atoms with Crippen molar-refractivity contribution < 1.29 is 19.1 Å². The molecular formula is C24H27N3O4. The Morgan fingerprint density at radius 2 is 1.94 bits per heavy atom. The van der Waals surface area contributed by atoms with Gasteiger partial charge in [-0.15, -0.1) is 0 Å². The quantitative estimate of drug-likeness (QED) is 0.720. The summed E-state index contributed by atoms with van der Waals surface area (Å²) in [4.78, 5) is 39.3. The average Bonchev–Trinajstić information content (AvgIpc) is 3.46. The lowest BCUT2D eigenvalue weighted by atomic mass is 10.1. The van der Waals surface area contributed by atoms with Gasteiger partial charge in [0.2, 0.25) is 5.91 Å². The van der Waals surface area contributed by atoms with Gasteiger partial charge in [0.1, 0.15) is 6.10 Å². The van der Waals surface area contributed by atoms with Crippen LogP contribution in [-0.2, 0) is 14.3 Å². The summed E-state index contributed by atoms with van der Waals surface area (Å²) < 4.78 is 5.41. The van der Waals surface area contributed by atoms with Crippen LogP contribution in [0.4, 0.5) is 5.69 Å². The fourth-order valence-electron chi connectivity index (χ4n) is 4.02. The minimum absolute atomic E-state index is 0.119. The third kappa shape index (κ3) is 5.30. The lowest BCUT2D eigenvalue weighted by Gasteiger charge is -2.25. The predicted molar refractivity (Wildman–Crippen MR) is 117 cm³/mol. The Morgan fingerprint density at radius 3 is 2.65 bits per heavy atom. The van der Waals surface area contributed by atoms with Gasteiger partial charge in [0.05, 0.1) is 6.04 Å². The van der Waals surface area contributed by atoms with Gasteiger partial charge >= 0.3 is 0 Å². The number of nitrogens with one attached hydrogen (secondary N) is 2. The van der Waals surface area contributed by atoms with Crippen LogP contribution in [0, 0.1) is 0 Å². The first-order chi connectivity index (χ1) is 15.1. The Balaban J connectivity index is 1.46. The van der Waals surface area contributed by atoms with E-state index in [4.69, 9.17) is 4.74 Å². The highest BCUT2D eigenvalue weighted by molar-refractivity contribution is 5.98. The standard InChI is InChI=1S/C24H27N3O4/c28-22-12-5-13-27(22)16-20(17-7-2-1-3-8-17)26-23(29)18-9-4-10-19(15-18)25-24(30)21-11-6-14-31-21/h1-4,7-10,15,20-21H,5-6,11-14,16H2,(H,25,30)(H,26,29). The molecule has 2 aromatic rings. The van der Waals surface area contributed by atoms with Crippen molar-refractivity contribution in [3.63, 3.8) is 0 Å². The normalized spacial score (nSPS) is 19.3. The molecule has 2 aromatic carbocycles. The molecule has 2 fully saturated rings. The molecule has 0 bridgehead atoms. The van der Waals surface area contributed by atoms with Gasteiger partial charge in [-0.3, -0.25) is 14.4 Å². The number of benzene rings is 2. The van der Waals surface area contributed by atoms with E-state index in [-0.39, 0.29) is 23.8 Å². The zero-order chi connectivity index (χ0) is 21.6. The molecule has 2 aliphatic heterocycles. The van der Waals surface area contributed by atoms with Crippen LogP contribution in [0.2, 0.25) is 0 Å². The minimum Gasteiger partial charge on any atom is -0.368 e. The monoisotopic (exact) mass is 421 g/mol. The maximum Gasteiger partial charge on any atom is 0.253 e. The van der Waals surface area contributed by atoms with Gasteiger partial charge < -0.3 is 20.3 Å². The smallest absolute Gasteiger partial charge is 0.253 e. The summed E-state index contributed by atoms with van der Waals surface area (Å²) in [6, 6.07) is 16.2. The number of anilines is 1. The zero-order valence-electron chi connectivity index (χ0n) is 17.4. The highest BCUT2D eigenvalue weighted by Crippen LogP contribution is 2.20. The van der Waals surface area contributed by atoms with Crippen LogP contribution in [0.3, 0.4) is 0 Å². The van der Waals surface area contributed by atoms with E-state index in [1.54, 1.807) is 29.2 Å². The van der Waals surface area contributed by atoms with E-state index in [1.165, 1.54) is 0 Å². The maximum absolute atomic E-state index is 13.0. The van der Waals surface area contributed by atoms with E-state index in [0.717, 1.165) is 18.4 Å². The number of rotatable bonds is 7. The Labute approximate surface area is 181 Å². The van der Waals surface area contributed by atoms with Crippen molar-refractivity contribution in [1.29, 1.82) is 0 Å². The number of nitrogens with zero attached hydrogens (tertiary/aromatic N) is 1. The molecule has 0 spiro atoms. The van der Waals surface area contributed by atoms with E-state index in [2.05, 4.69) is 10.6 Å². The molecule has 7 nitrogen and oxygen atoms in total. The Hall–Kier alpha value is -3.19. The molecule has 3 amide bonds. The Bertz CT molecular complexity index is 941. The minimum atomic E-state index is -0.432. The van der Waals surface area contributed by atoms with Gasteiger partial charge in [0.15, 0.2) is 0 Å². The predicted octanol–water partition coefficient (Wildman–Crippen LogP) is 2.90. The fourth-order valence-corrected chi connectivity index (χ4v) is 4.02. The highest BCUT2D eigenvalue weighted by Gasteiger charge is 2.26. The fraction of sp³-hybridized carbons (Fsp3) is 0.375. The third-order valence-corrected chi connectivity index (χ3v) is 5.70. The van der Waals surface area contributed by atoms with Crippen LogP contribution in [-0.4, -0.2) is 48.4 Å². The van der Waals surface area contributed by atoms with Crippen LogP contribution in [0.25, 0.3) is 0 Å². The molecule has 2 heterocycles. The van der Waals surface area contributed by atoms with Gasteiger partial charge in [-0.05, 0) is 43.0 Å². The van der Waals surface area contributed by atoms with Crippen LogP contribution in [0.15, 0.2) is 54.6 Å². The molecule has 0 saturated carbocycles. The largest absolute Gasteiger partial charge is 0.368 e. The summed E-state index contributed by atoms with van der Waals surface area (Å²) in [7, 11) is 0. The maximum atomic E-state index is 13.0. The number of likely N-dealkylation sites (tertiary alicyclic amines) is 1. The lowest BCUT2D eigenvalue weighted by molar-refractivity contribution is -0.128. The Kier molecular flexibility index (Phi) is 6.62. The van der Waals surface area contributed by atoms with Crippen molar-refractivity contribution in [3.8, 4) is 0 Å². The molecule has 162 valence electrons. The summed E-state index contributed by atoms with van der Waals surface area (Å²) >= 11 is 0. The number of hydrogen-bond acceptors (Lipinski definition) is 4. The van der Waals surface area contributed by atoms with Crippen LogP contribution < -0.4 is 10.6 Å². The van der Waals surface area contributed by atoms with Crippen LogP contribution in [0.5, 0.6) is 0 Å². The average molecular weight is 421 g/mol. The first kappa shape index (κ1) is 21.1. The molecule has 0 radical (unpaired) electrons. The molecule has 0 aliphatic carbocycles. The van der Waals surface area contributed by atoms with E-state index in [1.807, 2.05) is 30.3 Å². The molecule has 2 N–H and O–H groups in total. The number of hydrogen-bond donors (Lipinski definition) is 2. The van der Waals surface area contributed by atoms with E-state index < -0.39 is 6.10 Å². The van der Waals surface area contributed by atoms with E-state index in [9.17, 15) is 14.4 Å². The molecule has 0 aromatic heterocycles. The van der Waals surface area contributed by atoms with Crippen molar-refractivity contribution in [2.75, 3.05) is 25.0 Å². The summed E-state index contributed by atoms with van der Waals surface area (Å²) in [5.74, 6) is -0.326. The van der Waals surface area contributed by atoms with Gasteiger partial charge in [0, 0.05) is 37.4 Å². The van der Waals surface area contributed by atoms with Crippen molar-refractivity contribution in [1.82, 2.24) is 10.2 Å². The second kappa shape index (κ2) is 9.75. The number of carbonyl (C=O) groups is 3. The van der Waals surface area contributed by atoms with Crippen LogP contribution in [0.1, 0.15) is 47.6 Å². The first-order valence-electron chi connectivity index (χ1n) is 10.8. The molecule has 2 atom stereocenters. The van der Waals surface area contributed by atoms with Crippen molar-refractivity contribution in [2.45, 2.75) is 37.8 Å². The van der Waals surface area contributed by atoms with E-state index in [0.29, 0.717) is 43.8 Å². The SMILES string of the molecule is O=C(NC(CN1CCCC1=O)c1ccccc1)c1cccc(NC(=O)C2CCCO2)c1. The second-order valence-electron chi connectivity index (χ2n) is 7.95. The van der Waals surface area contributed by atoms with Crippen molar-refractivity contribution in [3.05, 3.63) is 65.7 Å². The van der Waals surface area contributed by atoms with E-state index >= 15 is 0 Å². The highest BCUT2D eigenvalue weighted by atomic mass is 16.5. The van der Waals surface area contributed by atoms with Gasteiger partial charge in [0.25, 0.3) is 11.8 Å². The second-order valence-corrected chi connectivity index (χ2v) is 7.95. The number of ether oxygens (including phenoxy) is 1. The molecule has 2 unspecified atom stereocenters. The van der Waals surface area contributed by atoms with Gasteiger partial charge in [-0.1, -0.05) is 36.4 Å². The third-order valence-electron chi connectivity index (χ3n) is 5.70. The molecule has 2 aliphatic rings. The van der Waals surface area contributed by atoms with Crippen molar-refractivity contribution >= 4 is 23.4 Å².